The predicted molar refractivity (Wildman–Crippen MR) is 79.9 cm³/mol. The second kappa shape index (κ2) is 5.25. The quantitative estimate of drug-likeness (QED) is 0.925. The first-order valence-electron chi connectivity index (χ1n) is 6.55. The summed E-state index contributed by atoms with van der Waals surface area (Å²) >= 11 is 0. The number of hydrogen-bond donors (Lipinski definition) is 1. The van der Waals surface area contributed by atoms with E-state index in [1.165, 1.54) is 0 Å². The lowest BCUT2D eigenvalue weighted by atomic mass is 9.89. The van der Waals surface area contributed by atoms with Crippen molar-refractivity contribution in [2.24, 2.45) is 5.41 Å². The van der Waals surface area contributed by atoms with Crippen LogP contribution in [0, 0.1) is 26.2 Å². The summed E-state index contributed by atoms with van der Waals surface area (Å²) in [5.74, 6) is 0. The van der Waals surface area contributed by atoms with Crippen molar-refractivity contribution >= 4 is 10.0 Å². The van der Waals surface area contributed by atoms with Gasteiger partial charge in [0.25, 0.3) is 0 Å². The van der Waals surface area contributed by atoms with E-state index in [0.29, 0.717) is 4.90 Å². The molecule has 1 N–H and O–H groups in total. The first-order valence-corrected chi connectivity index (χ1v) is 8.03. The Morgan fingerprint density at radius 2 is 1.47 bits per heavy atom. The first-order chi connectivity index (χ1) is 8.45. The van der Waals surface area contributed by atoms with Crippen molar-refractivity contribution in [1.82, 2.24) is 4.72 Å². The van der Waals surface area contributed by atoms with E-state index in [1.54, 1.807) is 0 Å². The topological polar surface area (TPSA) is 46.2 Å². The van der Waals surface area contributed by atoms with Gasteiger partial charge in [-0.15, -0.1) is 0 Å². The van der Waals surface area contributed by atoms with Gasteiger partial charge in [-0.3, -0.25) is 0 Å². The van der Waals surface area contributed by atoms with Crippen LogP contribution in [0.2, 0.25) is 0 Å². The van der Waals surface area contributed by atoms with Crippen LogP contribution in [0.3, 0.4) is 0 Å². The Balaban J connectivity index is 3.23. The molecule has 1 atom stereocenters. The average molecular weight is 283 g/mol. The molecule has 0 radical (unpaired) electrons. The second-order valence-electron chi connectivity index (χ2n) is 6.44. The van der Waals surface area contributed by atoms with Crippen molar-refractivity contribution < 1.29 is 8.42 Å². The Bertz CT molecular complexity index is 545. The molecule has 0 saturated carbocycles. The molecular formula is C15H25NO2S. The van der Waals surface area contributed by atoms with E-state index in [4.69, 9.17) is 0 Å². The van der Waals surface area contributed by atoms with Crippen LogP contribution in [-0.4, -0.2) is 14.5 Å². The number of aryl methyl sites for hydroxylation is 3. The molecule has 0 aromatic heterocycles. The van der Waals surface area contributed by atoms with Crippen molar-refractivity contribution in [2.75, 3.05) is 0 Å². The molecule has 0 spiro atoms. The maximum Gasteiger partial charge on any atom is 0.241 e. The van der Waals surface area contributed by atoms with Gasteiger partial charge in [0.15, 0.2) is 0 Å². The fraction of sp³-hybridized carbons (Fsp3) is 0.600. The Hall–Kier alpha value is -0.870. The van der Waals surface area contributed by atoms with Gasteiger partial charge < -0.3 is 0 Å². The zero-order chi connectivity index (χ0) is 15.0. The van der Waals surface area contributed by atoms with Crippen LogP contribution < -0.4 is 4.72 Å². The summed E-state index contributed by atoms with van der Waals surface area (Å²) in [6.07, 6.45) is 0. The van der Waals surface area contributed by atoms with Crippen LogP contribution in [0.4, 0.5) is 0 Å². The number of nitrogens with one attached hydrogen (secondary N) is 1. The molecule has 1 aromatic rings. The molecule has 0 aliphatic rings. The molecule has 3 nitrogen and oxygen atoms in total. The lowest BCUT2D eigenvalue weighted by molar-refractivity contribution is 0.317. The van der Waals surface area contributed by atoms with Crippen LogP contribution in [0.25, 0.3) is 0 Å². The SMILES string of the molecule is Cc1cc(C)c(S(=O)(=O)NC(C)C(C)(C)C)c(C)c1. The fourth-order valence-corrected chi connectivity index (χ4v) is 3.96. The third kappa shape index (κ3) is 3.80. The van der Waals surface area contributed by atoms with E-state index in [0.717, 1.165) is 16.7 Å². The summed E-state index contributed by atoms with van der Waals surface area (Å²) in [6.45, 7) is 13.6. The largest absolute Gasteiger partial charge is 0.241 e. The molecule has 0 bridgehead atoms. The van der Waals surface area contributed by atoms with Crippen molar-refractivity contribution in [1.29, 1.82) is 0 Å². The maximum atomic E-state index is 12.5. The van der Waals surface area contributed by atoms with Gasteiger partial charge in [-0.1, -0.05) is 38.5 Å². The highest BCUT2D eigenvalue weighted by Crippen LogP contribution is 2.25. The zero-order valence-corrected chi connectivity index (χ0v) is 13.8. The summed E-state index contributed by atoms with van der Waals surface area (Å²) in [5, 5.41) is 0. The van der Waals surface area contributed by atoms with E-state index in [9.17, 15) is 8.42 Å². The third-order valence-corrected chi connectivity index (χ3v) is 5.35. The lowest BCUT2D eigenvalue weighted by Gasteiger charge is -2.28. The van der Waals surface area contributed by atoms with Gasteiger partial charge in [0.05, 0.1) is 4.90 Å². The maximum absolute atomic E-state index is 12.5. The highest BCUT2D eigenvalue weighted by Gasteiger charge is 2.27. The fourth-order valence-electron chi connectivity index (χ4n) is 2.06. The summed E-state index contributed by atoms with van der Waals surface area (Å²) in [7, 11) is -3.47. The van der Waals surface area contributed by atoms with Gasteiger partial charge in [-0.05, 0) is 44.2 Å². The smallest absolute Gasteiger partial charge is 0.208 e. The predicted octanol–water partition coefficient (Wildman–Crippen LogP) is 3.32. The molecule has 4 heteroatoms. The van der Waals surface area contributed by atoms with E-state index in [1.807, 2.05) is 60.6 Å². The summed E-state index contributed by atoms with van der Waals surface area (Å²) < 4.78 is 27.8. The standard InChI is InChI=1S/C15H25NO2S/c1-10-8-11(2)14(12(3)9-10)19(17,18)16-13(4)15(5,6)7/h8-9,13,16H,1-7H3. The van der Waals surface area contributed by atoms with Crippen LogP contribution in [0.15, 0.2) is 17.0 Å². The van der Waals surface area contributed by atoms with Crippen molar-refractivity contribution in [2.45, 2.75) is 59.4 Å². The minimum Gasteiger partial charge on any atom is -0.208 e. The molecule has 0 aliphatic carbocycles. The second-order valence-corrected chi connectivity index (χ2v) is 8.09. The van der Waals surface area contributed by atoms with E-state index in [-0.39, 0.29) is 11.5 Å². The zero-order valence-electron chi connectivity index (χ0n) is 13.0. The lowest BCUT2D eigenvalue weighted by Crippen LogP contribution is -2.41. The van der Waals surface area contributed by atoms with E-state index in [2.05, 4.69) is 4.72 Å². The molecule has 19 heavy (non-hydrogen) atoms. The molecular weight excluding hydrogens is 258 g/mol. The Kier molecular flexibility index (Phi) is 4.47. The summed E-state index contributed by atoms with van der Waals surface area (Å²) in [6, 6.07) is 3.68. The Morgan fingerprint density at radius 1 is 1.05 bits per heavy atom. The molecule has 108 valence electrons. The van der Waals surface area contributed by atoms with Crippen molar-refractivity contribution in [3.8, 4) is 0 Å². The molecule has 0 heterocycles. The van der Waals surface area contributed by atoms with Crippen LogP contribution in [0.5, 0.6) is 0 Å². The third-order valence-electron chi connectivity index (χ3n) is 3.50. The number of sulfonamides is 1. The molecule has 0 amide bonds. The van der Waals surface area contributed by atoms with Gasteiger partial charge in [-0.25, -0.2) is 13.1 Å². The van der Waals surface area contributed by atoms with Gasteiger partial charge >= 0.3 is 0 Å². The van der Waals surface area contributed by atoms with Gasteiger partial charge in [-0.2, -0.15) is 0 Å². The van der Waals surface area contributed by atoms with Crippen molar-refractivity contribution in [3.63, 3.8) is 0 Å². The van der Waals surface area contributed by atoms with Crippen LogP contribution in [-0.2, 0) is 10.0 Å². The monoisotopic (exact) mass is 283 g/mol. The highest BCUT2D eigenvalue weighted by atomic mass is 32.2. The molecule has 1 unspecified atom stereocenters. The van der Waals surface area contributed by atoms with Gasteiger partial charge in [0.2, 0.25) is 10.0 Å². The van der Waals surface area contributed by atoms with Gasteiger partial charge in [0, 0.05) is 6.04 Å². The summed E-state index contributed by atoms with van der Waals surface area (Å²) in [5.41, 5.74) is 2.56. The minimum atomic E-state index is -3.47. The normalized spacial score (nSPS) is 14.5. The Labute approximate surface area is 117 Å². The molecule has 0 saturated heterocycles. The first kappa shape index (κ1) is 16.2. The number of benzene rings is 1. The molecule has 1 aromatic carbocycles. The minimum absolute atomic E-state index is 0.112. The number of rotatable bonds is 3. The Morgan fingerprint density at radius 3 is 1.84 bits per heavy atom. The average Bonchev–Trinajstić information content (AvgIpc) is 2.11. The van der Waals surface area contributed by atoms with E-state index >= 15 is 0 Å². The van der Waals surface area contributed by atoms with Crippen LogP contribution in [0.1, 0.15) is 44.4 Å². The molecule has 0 aliphatic heterocycles. The number of hydrogen-bond acceptors (Lipinski definition) is 2. The summed E-state index contributed by atoms with van der Waals surface area (Å²) in [4.78, 5) is 0.411. The van der Waals surface area contributed by atoms with Crippen LogP contribution >= 0.6 is 0 Å². The van der Waals surface area contributed by atoms with Gasteiger partial charge in [0.1, 0.15) is 0 Å². The molecule has 1 rings (SSSR count). The highest BCUT2D eigenvalue weighted by molar-refractivity contribution is 7.89. The molecule has 0 fully saturated rings. The van der Waals surface area contributed by atoms with Crippen molar-refractivity contribution in [3.05, 3.63) is 28.8 Å². The van der Waals surface area contributed by atoms with E-state index < -0.39 is 10.0 Å².